The molecule has 1 N–H and O–H groups in total. The van der Waals surface area contributed by atoms with Gasteiger partial charge in [-0.15, -0.1) is 0 Å². The van der Waals surface area contributed by atoms with Gasteiger partial charge >= 0.3 is 0 Å². The van der Waals surface area contributed by atoms with Gasteiger partial charge in [0, 0.05) is 32.6 Å². The predicted molar refractivity (Wildman–Crippen MR) is 121 cm³/mol. The number of benzene rings is 2. The van der Waals surface area contributed by atoms with Gasteiger partial charge < -0.3 is 19.5 Å². The third-order valence-electron chi connectivity index (χ3n) is 5.57. The van der Waals surface area contributed by atoms with Crippen LogP contribution in [0, 0.1) is 0 Å². The van der Waals surface area contributed by atoms with Crippen LogP contribution in [0.4, 0.5) is 0 Å². The van der Waals surface area contributed by atoms with Gasteiger partial charge in [-0.05, 0) is 49.1 Å². The second kappa shape index (κ2) is 11.2. The largest absolute Gasteiger partial charge is 0.493 e. The molecule has 0 spiro atoms. The lowest BCUT2D eigenvalue weighted by Crippen LogP contribution is -2.45. The number of aryl methyl sites for hydroxylation is 1. The second-order valence-corrected chi connectivity index (χ2v) is 8.19. The van der Waals surface area contributed by atoms with Gasteiger partial charge in [0.1, 0.15) is 0 Å². The van der Waals surface area contributed by atoms with E-state index in [1.807, 2.05) is 24.3 Å². The number of nitrogens with zero attached hydrogens (tertiary/aromatic N) is 1. The van der Waals surface area contributed by atoms with Crippen molar-refractivity contribution < 1.29 is 19.0 Å². The van der Waals surface area contributed by atoms with E-state index in [2.05, 4.69) is 42.3 Å². The van der Waals surface area contributed by atoms with Crippen molar-refractivity contribution in [3.8, 4) is 11.5 Å². The number of nitrogens with one attached hydrogen (secondary N) is 1. The monoisotopic (exact) mass is 426 g/mol. The van der Waals surface area contributed by atoms with Gasteiger partial charge in [0.25, 0.3) is 0 Å². The molecular weight excluding hydrogens is 392 g/mol. The number of methoxy groups -OCH3 is 2. The van der Waals surface area contributed by atoms with Gasteiger partial charge in [-0.3, -0.25) is 9.69 Å². The van der Waals surface area contributed by atoms with Gasteiger partial charge in [-0.1, -0.05) is 30.3 Å². The fraction of sp³-hybridized carbons (Fsp3) is 0.480. The molecule has 1 saturated heterocycles. The molecule has 0 aromatic heterocycles. The van der Waals surface area contributed by atoms with E-state index < -0.39 is 0 Å². The number of morpholine rings is 1. The van der Waals surface area contributed by atoms with Crippen LogP contribution in [0.25, 0.3) is 0 Å². The van der Waals surface area contributed by atoms with Gasteiger partial charge in [0.15, 0.2) is 11.5 Å². The van der Waals surface area contributed by atoms with Crippen molar-refractivity contribution >= 4 is 5.91 Å². The summed E-state index contributed by atoms with van der Waals surface area (Å²) in [6.45, 7) is 7.50. The quantitative estimate of drug-likeness (QED) is 0.664. The molecule has 1 amide bonds. The van der Waals surface area contributed by atoms with Crippen molar-refractivity contribution in [2.24, 2.45) is 0 Å². The van der Waals surface area contributed by atoms with Gasteiger partial charge in [0.2, 0.25) is 5.91 Å². The summed E-state index contributed by atoms with van der Waals surface area (Å²) in [5, 5.41) is 3.08. The lowest BCUT2D eigenvalue weighted by Gasteiger charge is -2.35. The van der Waals surface area contributed by atoms with Crippen LogP contribution in [0.5, 0.6) is 11.5 Å². The van der Waals surface area contributed by atoms with Crippen LogP contribution < -0.4 is 14.8 Å². The molecule has 3 rings (SSSR count). The van der Waals surface area contributed by atoms with Crippen LogP contribution in [0.2, 0.25) is 0 Å². The van der Waals surface area contributed by atoms with Crippen molar-refractivity contribution in [2.75, 3.05) is 27.3 Å². The molecule has 2 atom stereocenters. The maximum absolute atomic E-state index is 12.5. The topological polar surface area (TPSA) is 60.0 Å². The Morgan fingerprint density at radius 3 is 2.39 bits per heavy atom. The minimum Gasteiger partial charge on any atom is -0.493 e. The maximum atomic E-state index is 12.5. The lowest BCUT2D eigenvalue weighted by atomic mass is 10.1. The highest BCUT2D eigenvalue weighted by molar-refractivity contribution is 5.76. The summed E-state index contributed by atoms with van der Waals surface area (Å²) in [6.07, 6.45) is 1.56. The Hall–Kier alpha value is -2.57. The summed E-state index contributed by atoms with van der Waals surface area (Å²) >= 11 is 0. The first-order chi connectivity index (χ1) is 15.0. The predicted octanol–water partition coefficient (Wildman–Crippen LogP) is 3.56. The zero-order chi connectivity index (χ0) is 22.2. The second-order valence-electron chi connectivity index (χ2n) is 8.19. The van der Waals surface area contributed by atoms with Gasteiger partial charge in [-0.25, -0.2) is 0 Å². The van der Waals surface area contributed by atoms with Crippen LogP contribution in [0.3, 0.4) is 0 Å². The van der Waals surface area contributed by atoms with E-state index in [1.54, 1.807) is 14.2 Å². The summed E-state index contributed by atoms with van der Waals surface area (Å²) in [6, 6.07) is 14.1. The summed E-state index contributed by atoms with van der Waals surface area (Å²) in [7, 11) is 3.23. The van der Waals surface area contributed by atoms with Crippen LogP contribution in [-0.4, -0.2) is 50.3 Å². The number of hydrogen-bond donors (Lipinski definition) is 1. The van der Waals surface area contributed by atoms with E-state index in [9.17, 15) is 4.79 Å². The summed E-state index contributed by atoms with van der Waals surface area (Å²) < 4.78 is 16.4. The molecule has 6 nitrogen and oxygen atoms in total. The molecule has 2 aromatic rings. The number of carbonyl (C=O) groups excluding carboxylic acids is 1. The number of carbonyl (C=O) groups is 1. The smallest absolute Gasteiger partial charge is 0.220 e. The van der Waals surface area contributed by atoms with Crippen molar-refractivity contribution in [1.82, 2.24) is 10.2 Å². The lowest BCUT2D eigenvalue weighted by molar-refractivity contribution is -0.121. The molecule has 168 valence electrons. The Kier molecular flexibility index (Phi) is 8.32. The molecule has 0 unspecified atom stereocenters. The third kappa shape index (κ3) is 6.71. The Labute approximate surface area is 185 Å². The minimum absolute atomic E-state index is 0.0400. The minimum atomic E-state index is 0.0400. The number of rotatable bonds is 9. The Morgan fingerprint density at radius 2 is 1.71 bits per heavy atom. The van der Waals surface area contributed by atoms with E-state index in [0.29, 0.717) is 30.9 Å². The van der Waals surface area contributed by atoms with Crippen molar-refractivity contribution in [2.45, 2.75) is 52.0 Å². The SMILES string of the molecule is COc1ccc(CCC(=O)NCc2ccccc2CN2C[C@@H](C)O[C@H](C)C2)cc1OC. The van der Waals surface area contributed by atoms with Crippen LogP contribution >= 0.6 is 0 Å². The van der Waals surface area contributed by atoms with E-state index in [-0.39, 0.29) is 18.1 Å². The molecule has 6 heteroatoms. The number of amides is 1. The Balaban J connectivity index is 1.52. The molecule has 1 fully saturated rings. The van der Waals surface area contributed by atoms with Crippen molar-refractivity contribution in [1.29, 1.82) is 0 Å². The Bertz CT molecular complexity index is 860. The van der Waals surface area contributed by atoms with E-state index in [4.69, 9.17) is 14.2 Å². The van der Waals surface area contributed by atoms with Crippen molar-refractivity contribution in [3.63, 3.8) is 0 Å². The molecule has 1 aliphatic heterocycles. The fourth-order valence-corrected chi connectivity index (χ4v) is 4.11. The van der Waals surface area contributed by atoms with Gasteiger partial charge in [-0.2, -0.15) is 0 Å². The standard InChI is InChI=1S/C25H34N2O4/c1-18-15-27(16-19(2)31-18)17-22-8-6-5-7-21(22)14-26-25(28)12-10-20-9-11-23(29-3)24(13-20)30-4/h5-9,11,13,18-19H,10,12,14-17H2,1-4H3,(H,26,28)/t18-,19-/m1/s1. The fourth-order valence-electron chi connectivity index (χ4n) is 4.11. The average Bonchev–Trinajstić information content (AvgIpc) is 2.76. The number of hydrogen-bond acceptors (Lipinski definition) is 5. The van der Waals surface area contributed by atoms with Crippen LogP contribution in [-0.2, 0) is 29.0 Å². The molecule has 1 heterocycles. The first-order valence-electron chi connectivity index (χ1n) is 10.9. The normalized spacial score (nSPS) is 19.1. The molecular formula is C25H34N2O4. The average molecular weight is 427 g/mol. The molecule has 31 heavy (non-hydrogen) atoms. The zero-order valence-corrected chi connectivity index (χ0v) is 19.0. The first kappa shape index (κ1) is 23.1. The van der Waals surface area contributed by atoms with E-state index >= 15 is 0 Å². The number of ether oxygens (including phenoxy) is 3. The van der Waals surface area contributed by atoms with Crippen LogP contribution in [0.15, 0.2) is 42.5 Å². The third-order valence-corrected chi connectivity index (χ3v) is 5.57. The van der Waals surface area contributed by atoms with E-state index in [0.717, 1.165) is 30.8 Å². The van der Waals surface area contributed by atoms with Gasteiger partial charge in [0.05, 0.1) is 26.4 Å². The highest BCUT2D eigenvalue weighted by Crippen LogP contribution is 2.28. The van der Waals surface area contributed by atoms with Crippen LogP contribution in [0.1, 0.15) is 37.0 Å². The molecule has 1 aliphatic rings. The molecule has 0 saturated carbocycles. The molecule has 0 aliphatic carbocycles. The summed E-state index contributed by atoms with van der Waals surface area (Å²) in [5.41, 5.74) is 3.46. The zero-order valence-electron chi connectivity index (χ0n) is 19.0. The van der Waals surface area contributed by atoms with E-state index in [1.165, 1.54) is 5.56 Å². The molecule has 0 radical (unpaired) electrons. The molecule has 2 aromatic carbocycles. The first-order valence-corrected chi connectivity index (χ1v) is 10.9. The highest BCUT2D eigenvalue weighted by atomic mass is 16.5. The highest BCUT2D eigenvalue weighted by Gasteiger charge is 2.22. The Morgan fingerprint density at radius 1 is 1.03 bits per heavy atom. The van der Waals surface area contributed by atoms with Crippen molar-refractivity contribution in [3.05, 3.63) is 59.2 Å². The summed E-state index contributed by atoms with van der Waals surface area (Å²) in [4.78, 5) is 14.9. The molecule has 0 bridgehead atoms. The summed E-state index contributed by atoms with van der Waals surface area (Å²) in [5.74, 6) is 1.41. The maximum Gasteiger partial charge on any atom is 0.220 e.